The fourth-order valence-electron chi connectivity index (χ4n) is 2.37. The molecular weight excluding hydrogens is 292 g/mol. The number of benzene rings is 1. The van der Waals surface area contributed by atoms with Crippen LogP contribution in [0.3, 0.4) is 0 Å². The van der Waals surface area contributed by atoms with Crippen molar-refractivity contribution < 1.29 is 17.9 Å². The van der Waals surface area contributed by atoms with E-state index in [-0.39, 0.29) is 30.4 Å². The fourth-order valence-corrected chi connectivity index (χ4v) is 4.47. The molecule has 1 saturated heterocycles. The molecule has 1 aromatic rings. The summed E-state index contributed by atoms with van der Waals surface area (Å²) in [5, 5.41) is 2.79. The predicted molar refractivity (Wildman–Crippen MR) is 80.8 cm³/mol. The van der Waals surface area contributed by atoms with Gasteiger partial charge in [-0.2, -0.15) is 0 Å². The second-order valence-electron chi connectivity index (χ2n) is 5.62. The summed E-state index contributed by atoms with van der Waals surface area (Å²) in [5.74, 6) is 0.529. The van der Waals surface area contributed by atoms with E-state index in [4.69, 9.17) is 10.5 Å². The third kappa shape index (κ3) is 4.63. The number of hydrogen-bond acceptors (Lipinski definition) is 5. The smallest absolute Gasteiger partial charge is 0.223 e. The number of amides is 1. The number of nitrogens with one attached hydrogen (secondary N) is 1. The molecule has 0 aromatic heterocycles. The SMILES string of the molecule is CC1(NC(=O)CCOc2cccc(N)c2)CCS(=O)(=O)C1. The Morgan fingerprint density at radius 2 is 2.24 bits per heavy atom. The van der Waals surface area contributed by atoms with Crippen LogP contribution in [0.2, 0.25) is 0 Å². The minimum atomic E-state index is -3.03. The van der Waals surface area contributed by atoms with Gasteiger partial charge >= 0.3 is 0 Å². The van der Waals surface area contributed by atoms with Crippen LogP contribution in [0.5, 0.6) is 5.75 Å². The van der Waals surface area contributed by atoms with Gasteiger partial charge in [0.05, 0.1) is 30.1 Å². The molecule has 1 fully saturated rings. The Labute approximate surface area is 124 Å². The zero-order chi connectivity index (χ0) is 15.5. The highest BCUT2D eigenvalue weighted by Crippen LogP contribution is 2.22. The highest BCUT2D eigenvalue weighted by Gasteiger charge is 2.39. The van der Waals surface area contributed by atoms with Crippen LogP contribution in [0.4, 0.5) is 5.69 Å². The Morgan fingerprint density at radius 1 is 1.48 bits per heavy atom. The standard InChI is InChI=1S/C14H20N2O4S/c1-14(6-8-21(18,19)10-14)16-13(17)5-7-20-12-4-2-3-11(15)9-12/h2-4,9H,5-8,10,15H2,1H3,(H,16,17). The number of nitrogen functional groups attached to an aromatic ring is 1. The van der Waals surface area contributed by atoms with Gasteiger partial charge in [0, 0.05) is 11.8 Å². The van der Waals surface area contributed by atoms with Crippen LogP contribution in [0.1, 0.15) is 19.8 Å². The lowest BCUT2D eigenvalue weighted by Crippen LogP contribution is -2.47. The predicted octanol–water partition coefficient (Wildman–Crippen LogP) is 0.731. The van der Waals surface area contributed by atoms with Crippen LogP contribution in [0.15, 0.2) is 24.3 Å². The number of anilines is 1. The Hall–Kier alpha value is -1.76. The molecule has 1 heterocycles. The molecule has 1 aliphatic heterocycles. The molecule has 0 saturated carbocycles. The lowest BCUT2D eigenvalue weighted by Gasteiger charge is -2.23. The van der Waals surface area contributed by atoms with Crippen LogP contribution in [-0.2, 0) is 14.6 Å². The quantitative estimate of drug-likeness (QED) is 0.781. The number of carbonyl (C=O) groups is 1. The Balaban J connectivity index is 1.78. The van der Waals surface area contributed by atoms with Gasteiger partial charge < -0.3 is 15.8 Å². The summed E-state index contributed by atoms with van der Waals surface area (Å²) in [7, 11) is -3.03. The van der Waals surface area contributed by atoms with Crippen LogP contribution in [0, 0.1) is 0 Å². The largest absolute Gasteiger partial charge is 0.493 e. The van der Waals surface area contributed by atoms with Crippen LogP contribution in [-0.4, -0.2) is 38.0 Å². The van der Waals surface area contributed by atoms with Crippen molar-refractivity contribution in [3.63, 3.8) is 0 Å². The molecule has 7 heteroatoms. The molecule has 0 spiro atoms. The highest BCUT2D eigenvalue weighted by molar-refractivity contribution is 7.91. The monoisotopic (exact) mass is 312 g/mol. The van der Waals surface area contributed by atoms with Gasteiger partial charge in [-0.15, -0.1) is 0 Å². The van der Waals surface area contributed by atoms with Gasteiger partial charge in [-0.25, -0.2) is 8.42 Å². The first-order valence-electron chi connectivity index (χ1n) is 6.78. The summed E-state index contributed by atoms with van der Waals surface area (Å²) in [6, 6.07) is 6.97. The van der Waals surface area contributed by atoms with Crippen molar-refractivity contribution in [3.05, 3.63) is 24.3 Å². The number of rotatable bonds is 5. The second-order valence-corrected chi connectivity index (χ2v) is 7.81. The summed E-state index contributed by atoms with van der Waals surface area (Å²) in [5.41, 5.74) is 5.56. The zero-order valence-electron chi connectivity index (χ0n) is 12.0. The molecule has 1 aromatic carbocycles. The molecule has 0 radical (unpaired) electrons. The Kier molecular flexibility index (Phi) is 4.41. The van der Waals surface area contributed by atoms with Crippen molar-refractivity contribution in [3.8, 4) is 5.75 Å². The van der Waals surface area contributed by atoms with E-state index in [9.17, 15) is 13.2 Å². The average molecular weight is 312 g/mol. The Morgan fingerprint density at radius 3 is 2.86 bits per heavy atom. The highest BCUT2D eigenvalue weighted by atomic mass is 32.2. The first kappa shape index (κ1) is 15.6. The minimum Gasteiger partial charge on any atom is -0.493 e. The van der Waals surface area contributed by atoms with Gasteiger partial charge in [0.2, 0.25) is 5.91 Å². The molecule has 1 atom stereocenters. The molecular formula is C14H20N2O4S. The average Bonchev–Trinajstić information content (AvgIpc) is 2.63. The van der Waals surface area contributed by atoms with E-state index >= 15 is 0 Å². The van der Waals surface area contributed by atoms with E-state index in [2.05, 4.69) is 5.32 Å². The minimum absolute atomic E-state index is 0.00180. The number of ether oxygens (including phenoxy) is 1. The molecule has 1 unspecified atom stereocenters. The molecule has 3 N–H and O–H groups in total. The second kappa shape index (κ2) is 5.93. The fraction of sp³-hybridized carbons (Fsp3) is 0.500. The summed E-state index contributed by atoms with van der Waals surface area (Å²) in [6.45, 7) is 1.98. The van der Waals surface area contributed by atoms with Gasteiger partial charge in [0.15, 0.2) is 9.84 Å². The molecule has 0 aliphatic carbocycles. The van der Waals surface area contributed by atoms with E-state index < -0.39 is 15.4 Å². The number of carbonyl (C=O) groups excluding carboxylic acids is 1. The van der Waals surface area contributed by atoms with Crippen LogP contribution < -0.4 is 15.8 Å². The van der Waals surface area contributed by atoms with Crippen molar-refractivity contribution in [1.82, 2.24) is 5.32 Å². The maximum atomic E-state index is 11.9. The lowest BCUT2D eigenvalue weighted by molar-refractivity contribution is -0.123. The van der Waals surface area contributed by atoms with E-state index in [1.165, 1.54) is 0 Å². The first-order chi connectivity index (χ1) is 9.78. The number of nitrogens with two attached hydrogens (primary N) is 1. The topological polar surface area (TPSA) is 98.5 Å². The van der Waals surface area contributed by atoms with E-state index in [0.717, 1.165) is 0 Å². The summed E-state index contributed by atoms with van der Waals surface area (Å²) in [6.07, 6.45) is 0.627. The van der Waals surface area contributed by atoms with Gasteiger partial charge in [0.25, 0.3) is 0 Å². The van der Waals surface area contributed by atoms with Crippen molar-refractivity contribution in [2.45, 2.75) is 25.3 Å². The van der Waals surface area contributed by atoms with E-state index in [1.54, 1.807) is 31.2 Å². The zero-order valence-corrected chi connectivity index (χ0v) is 12.8. The summed E-state index contributed by atoms with van der Waals surface area (Å²) in [4.78, 5) is 11.9. The normalized spacial score (nSPS) is 23.7. The van der Waals surface area contributed by atoms with Crippen molar-refractivity contribution >= 4 is 21.4 Å². The Bertz CT molecular complexity index is 630. The van der Waals surface area contributed by atoms with Crippen molar-refractivity contribution in [2.75, 3.05) is 23.8 Å². The maximum Gasteiger partial charge on any atom is 0.223 e. The summed E-state index contributed by atoms with van der Waals surface area (Å²) < 4.78 is 28.4. The molecule has 21 heavy (non-hydrogen) atoms. The lowest BCUT2D eigenvalue weighted by atomic mass is 10.0. The van der Waals surface area contributed by atoms with Crippen LogP contribution in [0.25, 0.3) is 0 Å². The van der Waals surface area contributed by atoms with Gasteiger partial charge in [-0.3, -0.25) is 4.79 Å². The first-order valence-corrected chi connectivity index (χ1v) is 8.60. The molecule has 6 nitrogen and oxygen atoms in total. The molecule has 0 bridgehead atoms. The van der Waals surface area contributed by atoms with Crippen LogP contribution >= 0.6 is 0 Å². The maximum absolute atomic E-state index is 11.9. The number of hydrogen-bond donors (Lipinski definition) is 2. The third-order valence-electron chi connectivity index (χ3n) is 3.40. The van der Waals surface area contributed by atoms with Crippen molar-refractivity contribution in [1.29, 1.82) is 0 Å². The summed E-state index contributed by atoms with van der Waals surface area (Å²) >= 11 is 0. The van der Waals surface area contributed by atoms with Crippen molar-refractivity contribution in [2.24, 2.45) is 0 Å². The van der Waals surface area contributed by atoms with Gasteiger partial charge in [-0.1, -0.05) is 6.07 Å². The molecule has 1 aliphatic rings. The third-order valence-corrected chi connectivity index (χ3v) is 5.30. The molecule has 116 valence electrons. The van der Waals surface area contributed by atoms with E-state index in [1.807, 2.05) is 0 Å². The molecule has 2 rings (SSSR count). The van der Waals surface area contributed by atoms with Gasteiger partial charge in [0.1, 0.15) is 5.75 Å². The van der Waals surface area contributed by atoms with E-state index in [0.29, 0.717) is 17.9 Å². The molecule has 1 amide bonds. The van der Waals surface area contributed by atoms with Gasteiger partial charge in [-0.05, 0) is 25.5 Å². The number of sulfone groups is 1.